The molecule has 0 spiro atoms. The Kier molecular flexibility index (Phi) is 3.07. The summed E-state index contributed by atoms with van der Waals surface area (Å²) in [4.78, 5) is 0.664. The molecule has 18 heavy (non-hydrogen) atoms. The molecule has 0 radical (unpaired) electrons. The van der Waals surface area contributed by atoms with Gasteiger partial charge in [0.1, 0.15) is 0 Å². The predicted octanol–water partition coefficient (Wildman–Crippen LogP) is 1.74. The van der Waals surface area contributed by atoms with Gasteiger partial charge in [-0.25, -0.2) is 4.68 Å². The summed E-state index contributed by atoms with van der Waals surface area (Å²) in [5, 5.41) is 6.37. The molecule has 0 aliphatic carbocycles. The highest BCUT2D eigenvalue weighted by molar-refractivity contribution is 7.99. The van der Waals surface area contributed by atoms with E-state index in [-0.39, 0.29) is 5.16 Å². The lowest BCUT2D eigenvalue weighted by atomic mass is 10.3. The van der Waals surface area contributed by atoms with Gasteiger partial charge in [0.25, 0.3) is 5.82 Å². The number of nitrogens with two attached hydrogens (primary N) is 2. The Balaban J connectivity index is 2.25. The molecule has 2 aromatic rings. The molecule has 0 aliphatic rings. The number of halogens is 3. The van der Waals surface area contributed by atoms with Gasteiger partial charge in [0.05, 0.1) is 0 Å². The molecular formula is C9H8F3N5S. The van der Waals surface area contributed by atoms with E-state index in [4.69, 9.17) is 11.6 Å². The second-order valence-electron chi connectivity index (χ2n) is 3.35. The van der Waals surface area contributed by atoms with Gasteiger partial charge in [0.15, 0.2) is 0 Å². The lowest BCUT2D eigenvalue weighted by molar-refractivity contribution is -0.146. The zero-order valence-electron chi connectivity index (χ0n) is 8.85. The third-order valence-electron chi connectivity index (χ3n) is 2.01. The number of nitrogen functional groups attached to an aromatic ring is 2. The summed E-state index contributed by atoms with van der Waals surface area (Å²) in [6.07, 6.45) is -4.62. The van der Waals surface area contributed by atoms with E-state index in [0.717, 1.165) is 11.8 Å². The van der Waals surface area contributed by atoms with Crippen LogP contribution in [0.2, 0.25) is 0 Å². The van der Waals surface area contributed by atoms with Crippen LogP contribution in [0.5, 0.6) is 0 Å². The monoisotopic (exact) mass is 275 g/mol. The quantitative estimate of drug-likeness (QED) is 0.644. The minimum absolute atomic E-state index is 0.0490. The molecule has 2 rings (SSSR count). The van der Waals surface area contributed by atoms with Crippen LogP contribution in [-0.4, -0.2) is 14.9 Å². The number of hydrogen-bond donors (Lipinski definition) is 2. The van der Waals surface area contributed by atoms with Crippen molar-refractivity contribution < 1.29 is 13.2 Å². The fraction of sp³-hybridized carbons (Fsp3) is 0.111. The molecule has 0 aliphatic heterocycles. The van der Waals surface area contributed by atoms with Crippen LogP contribution in [0.15, 0.2) is 34.3 Å². The average molecular weight is 275 g/mol. The number of nitrogens with zero attached hydrogens (tertiary/aromatic N) is 3. The maximum atomic E-state index is 12.4. The Morgan fingerprint density at radius 1 is 1.11 bits per heavy atom. The van der Waals surface area contributed by atoms with E-state index >= 15 is 0 Å². The lowest BCUT2D eigenvalue weighted by Crippen LogP contribution is -2.21. The molecule has 4 N–H and O–H groups in total. The van der Waals surface area contributed by atoms with Crippen molar-refractivity contribution in [3.8, 4) is 0 Å². The van der Waals surface area contributed by atoms with E-state index in [2.05, 4.69) is 10.2 Å². The highest BCUT2D eigenvalue weighted by Gasteiger charge is 2.38. The molecule has 0 saturated heterocycles. The number of rotatable bonds is 2. The SMILES string of the molecule is Nc1ccc(Sc2nnc(C(F)(F)F)n2N)cc1. The van der Waals surface area contributed by atoms with Crippen LogP contribution < -0.4 is 11.6 Å². The standard InChI is InChI=1S/C9H8F3N5S/c10-9(11,12)7-15-16-8(17(7)14)18-6-3-1-5(13)2-4-6/h1-4H,13-14H2. The van der Waals surface area contributed by atoms with E-state index in [1.165, 1.54) is 0 Å². The molecular weight excluding hydrogens is 267 g/mol. The first-order valence-corrected chi connectivity index (χ1v) is 5.50. The Morgan fingerprint density at radius 2 is 1.72 bits per heavy atom. The van der Waals surface area contributed by atoms with Gasteiger partial charge < -0.3 is 11.6 Å². The first kappa shape index (κ1) is 12.6. The van der Waals surface area contributed by atoms with Gasteiger partial charge in [-0.05, 0) is 36.0 Å². The average Bonchev–Trinajstić information content (AvgIpc) is 2.63. The van der Waals surface area contributed by atoms with Crippen molar-refractivity contribution in [2.75, 3.05) is 11.6 Å². The number of alkyl halides is 3. The largest absolute Gasteiger partial charge is 0.453 e. The number of benzene rings is 1. The number of anilines is 1. The van der Waals surface area contributed by atoms with Crippen LogP contribution in [0.1, 0.15) is 5.82 Å². The first-order valence-electron chi connectivity index (χ1n) is 4.69. The minimum atomic E-state index is -4.62. The van der Waals surface area contributed by atoms with E-state index in [1.54, 1.807) is 24.3 Å². The van der Waals surface area contributed by atoms with E-state index in [0.29, 0.717) is 15.3 Å². The minimum Gasteiger partial charge on any atom is -0.399 e. The van der Waals surface area contributed by atoms with Gasteiger partial charge in [0.2, 0.25) is 5.16 Å². The molecule has 9 heteroatoms. The van der Waals surface area contributed by atoms with Gasteiger partial charge in [-0.1, -0.05) is 0 Å². The molecule has 1 aromatic heterocycles. The zero-order chi connectivity index (χ0) is 13.3. The summed E-state index contributed by atoms with van der Waals surface area (Å²) in [6, 6.07) is 6.57. The van der Waals surface area contributed by atoms with E-state index < -0.39 is 12.0 Å². The van der Waals surface area contributed by atoms with Crippen LogP contribution in [0.3, 0.4) is 0 Å². The summed E-state index contributed by atoms with van der Waals surface area (Å²) >= 11 is 0.969. The van der Waals surface area contributed by atoms with Crippen LogP contribution in [-0.2, 0) is 6.18 Å². The Labute approximate surface area is 104 Å². The van der Waals surface area contributed by atoms with E-state index in [1.807, 2.05) is 0 Å². The molecule has 1 heterocycles. The Bertz CT molecular complexity index is 548. The second-order valence-corrected chi connectivity index (χ2v) is 4.39. The zero-order valence-corrected chi connectivity index (χ0v) is 9.66. The van der Waals surface area contributed by atoms with Gasteiger partial charge >= 0.3 is 6.18 Å². The molecule has 0 bridgehead atoms. The van der Waals surface area contributed by atoms with Crippen LogP contribution in [0, 0.1) is 0 Å². The molecule has 96 valence electrons. The topological polar surface area (TPSA) is 82.8 Å². The predicted molar refractivity (Wildman–Crippen MR) is 60.2 cm³/mol. The second kappa shape index (κ2) is 4.41. The van der Waals surface area contributed by atoms with Crippen LogP contribution in [0.4, 0.5) is 18.9 Å². The van der Waals surface area contributed by atoms with Crippen LogP contribution >= 0.6 is 11.8 Å². The summed E-state index contributed by atoms with van der Waals surface area (Å²) in [5.41, 5.74) is 6.06. The van der Waals surface area contributed by atoms with Crippen molar-refractivity contribution in [2.45, 2.75) is 16.2 Å². The highest BCUT2D eigenvalue weighted by atomic mass is 32.2. The van der Waals surface area contributed by atoms with Crippen LogP contribution in [0.25, 0.3) is 0 Å². The molecule has 0 saturated carbocycles. The third-order valence-corrected chi connectivity index (χ3v) is 2.98. The summed E-state index contributed by atoms with van der Waals surface area (Å²) in [6.45, 7) is 0. The van der Waals surface area contributed by atoms with Crippen molar-refractivity contribution in [1.29, 1.82) is 0 Å². The molecule has 0 fully saturated rings. The van der Waals surface area contributed by atoms with Crippen molar-refractivity contribution in [1.82, 2.24) is 14.9 Å². The normalized spacial score (nSPS) is 11.7. The highest BCUT2D eigenvalue weighted by Crippen LogP contribution is 2.31. The van der Waals surface area contributed by atoms with Gasteiger partial charge in [-0.15, -0.1) is 10.2 Å². The van der Waals surface area contributed by atoms with Gasteiger partial charge in [-0.3, -0.25) is 0 Å². The fourth-order valence-electron chi connectivity index (χ4n) is 1.18. The maximum absolute atomic E-state index is 12.4. The molecule has 0 atom stereocenters. The number of hydrogen-bond acceptors (Lipinski definition) is 5. The van der Waals surface area contributed by atoms with Gasteiger partial charge in [-0.2, -0.15) is 13.2 Å². The molecule has 1 aromatic carbocycles. The van der Waals surface area contributed by atoms with Gasteiger partial charge in [0, 0.05) is 10.6 Å². The maximum Gasteiger partial charge on any atom is 0.453 e. The first-order chi connectivity index (χ1) is 8.38. The third kappa shape index (κ3) is 2.50. The summed E-state index contributed by atoms with van der Waals surface area (Å²) in [5.74, 6) is 4.06. The van der Waals surface area contributed by atoms with E-state index in [9.17, 15) is 13.2 Å². The van der Waals surface area contributed by atoms with Crippen molar-refractivity contribution in [3.63, 3.8) is 0 Å². The Hall–Kier alpha value is -1.90. The molecule has 0 amide bonds. The smallest absolute Gasteiger partial charge is 0.399 e. The number of aromatic nitrogens is 3. The van der Waals surface area contributed by atoms with Crippen molar-refractivity contribution in [3.05, 3.63) is 30.1 Å². The summed E-state index contributed by atoms with van der Waals surface area (Å²) in [7, 11) is 0. The van der Waals surface area contributed by atoms with Crippen molar-refractivity contribution in [2.24, 2.45) is 0 Å². The lowest BCUT2D eigenvalue weighted by Gasteiger charge is -2.05. The fourth-order valence-corrected chi connectivity index (χ4v) is 1.93. The van der Waals surface area contributed by atoms with Crippen molar-refractivity contribution >= 4 is 17.4 Å². The Morgan fingerprint density at radius 3 is 2.22 bits per heavy atom. The molecule has 5 nitrogen and oxygen atoms in total. The molecule has 0 unspecified atom stereocenters. The summed E-state index contributed by atoms with van der Waals surface area (Å²) < 4.78 is 37.7.